The molecule has 1 fully saturated rings. The fraction of sp³-hybridized carbons (Fsp3) is 0.458. The normalized spacial score (nSPS) is 18.5. The zero-order chi connectivity index (χ0) is 24.3. The zero-order valence-electron chi connectivity index (χ0n) is 19.4. The number of piperidine rings is 1. The predicted molar refractivity (Wildman–Crippen MR) is 127 cm³/mol. The topological polar surface area (TPSA) is 69.7 Å². The first-order valence-corrected chi connectivity index (χ1v) is 12.9. The Labute approximate surface area is 194 Å². The minimum Gasteiger partial charge on any atom is -0.371 e. The number of nitrogens with zero attached hydrogens (tertiary/aromatic N) is 2. The van der Waals surface area contributed by atoms with E-state index in [4.69, 9.17) is 0 Å². The van der Waals surface area contributed by atoms with Crippen molar-refractivity contribution >= 4 is 27.3 Å². The maximum Gasteiger partial charge on any atom is 0.244 e. The molecule has 0 spiro atoms. The van der Waals surface area contributed by atoms with Crippen LogP contribution in [0.15, 0.2) is 42.5 Å². The molecule has 1 N–H and O–H groups in total. The van der Waals surface area contributed by atoms with Gasteiger partial charge in [0.15, 0.2) is 11.6 Å². The molecule has 180 valence electrons. The SMILES string of the molecule is C[C@@H]1CCCN(c2ccc([C@H](C)NC(=O)[C@@H](C)N(c3ccc(F)c(F)c3)S(C)(=O)=O)cc2)C1. The van der Waals surface area contributed by atoms with Gasteiger partial charge in [0.25, 0.3) is 0 Å². The molecule has 2 aromatic rings. The molecule has 0 bridgehead atoms. The van der Waals surface area contributed by atoms with Crippen molar-refractivity contribution in [3.63, 3.8) is 0 Å². The number of sulfonamides is 1. The van der Waals surface area contributed by atoms with Gasteiger partial charge in [0.1, 0.15) is 6.04 Å². The molecule has 6 nitrogen and oxygen atoms in total. The van der Waals surface area contributed by atoms with Crippen LogP contribution >= 0.6 is 0 Å². The Kier molecular flexibility index (Phi) is 7.62. The van der Waals surface area contributed by atoms with E-state index in [0.717, 1.165) is 53.1 Å². The Morgan fingerprint density at radius 2 is 1.79 bits per heavy atom. The number of anilines is 2. The Hall–Kier alpha value is -2.68. The fourth-order valence-electron chi connectivity index (χ4n) is 4.25. The van der Waals surface area contributed by atoms with E-state index in [1.165, 1.54) is 19.8 Å². The van der Waals surface area contributed by atoms with Crippen LogP contribution in [0.2, 0.25) is 0 Å². The minimum absolute atomic E-state index is 0.119. The van der Waals surface area contributed by atoms with Gasteiger partial charge < -0.3 is 10.2 Å². The maximum absolute atomic E-state index is 13.7. The van der Waals surface area contributed by atoms with Crippen molar-refractivity contribution in [3.05, 3.63) is 59.7 Å². The first-order chi connectivity index (χ1) is 15.5. The number of hydrogen-bond donors (Lipinski definition) is 1. The second-order valence-corrected chi connectivity index (χ2v) is 10.7. The first kappa shape index (κ1) is 25.0. The summed E-state index contributed by atoms with van der Waals surface area (Å²) in [5.74, 6) is -2.18. The van der Waals surface area contributed by atoms with Gasteiger partial charge in [0.2, 0.25) is 15.9 Å². The summed E-state index contributed by atoms with van der Waals surface area (Å²) in [6.07, 6.45) is 3.33. The number of amides is 1. The largest absolute Gasteiger partial charge is 0.371 e. The molecule has 1 heterocycles. The molecule has 9 heteroatoms. The van der Waals surface area contributed by atoms with Gasteiger partial charge in [-0.1, -0.05) is 19.1 Å². The summed E-state index contributed by atoms with van der Waals surface area (Å²) in [7, 11) is -3.94. The number of carbonyl (C=O) groups excluding carboxylic acids is 1. The lowest BCUT2D eigenvalue weighted by Crippen LogP contribution is -2.48. The summed E-state index contributed by atoms with van der Waals surface area (Å²) in [4.78, 5) is 15.3. The Balaban J connectivity index is 1.72. The van der Waals surface area contributed by atoms with E-state index in [0.29, 0.717) is 5.92 Å². The summed E-state index contributed by atoms with van der Waals surface area (Å²) in [5, 5.41) is 2.82. The molecule has 1 saturated heterocycles. The lowest BCUT2D eigenvalue weighted by atomic mass is 9.99. The minimum atomic E-state index is -3.94. The lowest BCUT2D eigenvalue weighted by molar-refractivity contribution is -0.122. The van der Waals surface area contributed by atoms with Crippen LogP contribution in [0.1, 0.15) is 45.2 Å². The van der Waals surface area contributed by atoms with Crippen LogP contribution < -0.4 is 14.5 Å². The molecule has 1 amide bonds. The summed E-state index contributed by atoms with van der Waals surface area (Å²) in [5.41, 5.74) is 1.90. The van der Waals surface area contributed by atoms with Gasteiger partial charge in [-0.05, 0) is 62.4 Å². The van der Waals surface area contributed by atoms with Gasteiger partial charge in [-0.3, -0.25) is 9.10 Å². The average molecular weight is 480 g/mol. The number of nitrogens with one attached hydrogen (secondary N) is 1. The monoisotopic (exact) mass is 479 g/mol. The van der Waals surface area contributed by atoms with E-state index >= 15 is 0 Å². The number of benzene rings is 2. The van der Waals surface area contributed by atoms with Gasteiger partial charge in [0.05, 0.1) is 18.0 Å². The molecule has 0 saturated carbocycles. The van der Waals surface area contributed by atoms with Crippen molar-refractivity contribution < 1.29 is 22.0 Å². The molecule has 0 aliphatic carbocycles. The van der Waals surface area contributed by atoms with Crippen LogP contribution in [0.25, 0.3) is 0 Å². The molecular formula is C24H31F2N3O3S. The molecular weight excluding hydrogens is 448 g/mol. The van der Waals surface area contributed by atoms with Crippen molar-refractivity contribution in [1.82, 2.24) is 5.32 Å². The third-order valence-corrected chi connectivity index (χ3v) is 7.26. The Morgan fingerprint density at radius 1 is 1.12 bits per heavy atom. The highest BCUT2D eigenvalue weighted by molar-refractivity contribution is 7.92. The van der Waals surface area contributed by atoms with Crippen molar-refractivity contribution in [2.24, 2.45) is 5.92 Å². The molecule has 3 atom stereocenters. The second kappa shape index (κ2) is 10.1. The lowest BCUT2D eigenvalue weighted by Gasteiger charge is -2.33. The van der Waals surface area contributed by atoms with Gasteiger partial charge in [-0.15, -0.1) is 0 Å². The van der Waals surface area contributed by atoms with E-state index in [2.05, 4.69) is 17.1 Å². The van der Waals surface area contributed by atoms with Gasteiger partial charge >= 0.3 is 0 Å². The summed E-state index contributed by atoms with van der Waals surface area (Å²) < 4.78 is 52.6. The van der Waals surface area contributed by atoms with Crippen LogP contribution in [0, 0.1) is 17.6 Å². The van der Waals surface area contributed by atoms with Gasteiger partial charge in [-0.2, -0.15) is 0 Å². The van der Waals surface area contributed by atoms with Crippen molar-refractivity contribution in [3.8, 4) is 0 Å². The predicted octanol–water partition coefficient (Wildman–Crippen LogP) is 4.23. The summed E-state index contributed by atoms with van der Waals surface area (Å²) in [6, 6.07) is 9.16. The van der Waals surface area contributed by atoms with Crippen LogP contribution in [-0.4, -0.2) is 39.7 Å². The van der Waals surface area contributed by atoms with Crippen LogP contribution in [0.3, 0.4) is 0 Å². The molecule has 3 rings (SSSR count). The highest BCUT2D eigenvalue weighted by atomic mass is 32.2. The Morgan fingerprint density at radius 3 is 2.36 bits per heavy atom. The van der Waals surface area contributed by atoms with E-state index in [1.54, 1.807) is 0 Å². The highest BCUT2D eigenvalue weighted by Gasteiger charge is 2.30. The number of halogens is 2. The standard InChI is InChI=1S/C24H31F2N3O3S/c1-16-6-5-13-28(15-16)20-9-7-19(8-10-20)17(2)27-24(30)18(3)29(33(4,31)32)21-11-12-22(25)23(26)14-21/h7-12,14,16-18H,5-6,13,15H2,1-4H3,(H,27,30)/t16-,17+,18-/m1/s1. The van der Waals surface area contributed by atoms with E-state index in [9.17, 15) is 22.0 Å². The number of carbonyl (C=O) groups is 1. The Bertz CT molecular complexity index is 1090. The maximum atomic E-state index is 13.7. The zero-order valence-corrected chi connectivity index (χ0v) is 20.2. The molecule has 33 heavy (non-hydrogen) atoms. The fourth-order valence-corrected chi connectivity index (χ4v) is 5.41. The smallest absolute Gasteiger partial charge is 0.244 e. The third kappa shape index (κ3) is 6.01. The van der Waals surface area contributed by atoms with Crippen LogP contribution in [0.5, 0.6) is 0 Å². The van der Waals surface area contributed by atoms with E-state index in [1.807, 2.05) is 31.2 Å². The average Bonchev–Trinajstić information content (AvgIpc) is 2.75. The molecule has 0 aromatic heterocycles. The van der Waals surface area contributed by atoms with Crippen LogP contribution in [-0.2, 0) is 14.8 Å². The second-order valence-electron chi connectivity index (χ2n) is 8.85. The first-order valence-electron chi connectivity index (χ1n) is 11.1. The molecule has 0 radical (unpaired) electrons. The number of rotatable bonds is 7. The van der Waals surface area contributed by atoms with Crippen molar-refractivity contribution in [1.29, 1.82) is 0 Å². The summed E-state index contributed by atoms with van der Waals surface area (Å²) in [6.45, 7) is 7.52. The molecule has 0 unspecified atom stereocenters. The molecule has 2 aromatic carbocycles. The van der Waals surface area contributed by atoms with Gasteiger partial charge in [0, 0.05) is 24.8 Å². The molecule has 1 aliphatic rings. The van der Waals surface area contributed by atoms with Crippen molar-refractivity contribution in [2.45, 2.75) is 45.7 Å². The van der Waals surface area contributed by atoms with Crippen LogP contribution in [0.4, 0.5) is 20.2 Å². The van der Waals surface area contributed by atoms with Crippen molar-refractivity contribution in [2.75, 3.05) is 28.6 Å². The number of hydrogen-bond acceptors (Lipinski definition) is 4. The third-order valence-electron chi connectivity index (χ3n) is 6.02. The quantitative estimate of drug-likeness (QED) is 0.645. The van der Waals surface area contributed by atoms with E-state index in [-0.39, 0.29) is 11.7 Å². The van der Waals surface area contributed by atoms with Gasteiger partial charge in [-0.25, -0.2) is 17.2 Å². The highest BCUT2D eigenvalue weighted by Crippen LogP contribution is 2.26. The van der Waals surface area contributed by atoms with E-state index < -0.39 is 33.6 Å². The summed E-state index contributed by atoms with van der Waals surface area (Å²) >= 11 is 0. The molecule has 1 aliphatic heterocycles.